The zero-order valence-electron chi connectivity index (χ0n) is 19.4. The van der Waals surface area contributed by atoms with Gasteiger partial charge in [-0.25, -0.2) is 4.99 Å². The standard InChI is InChI=1S/C27H37N3O.ClH/c1-3-5-6-7-8-9-10-11-12-14-22-16-17-23(29-22)20-26-27(31-19-4-2)21-25(30-26)24-15-13-18-28-24;/h3,13,15-18,20-21,28-29H,1,4-12,14,19H2,2H3;1H. The number of nitrogens with zero attached hydrogens (tertiary/aromatic N) is 1. The molecule has 32 heavy (non-hydrogen) atoms. The van der Waals surface area contributed by atoms with E-state index in [-0.39, 0.29) is 12.4 Å². The van der Waals surface area contributed by atoms with Crippen LogP contribution >= 0.6 is 12.4 Å². The second-order valence-electron chi connectivity index (χ2n) is 8.21. The van der Waals surface area contributed by atoms with Crippen LogP contribution < -0.4 is 0 Å². The van der Waals surface area contributed by atoms with Crippen LogP contribution in [-0.4, -0.2) is 22.3 Å². The molecule has 0 amide bonds. The SMILES string of the molecule is C=CCCCCCCCCCc1ccc(C=C2N=C(c3ccc[nH]3)C=C2OCCC)[nH]1.Cl. The molecule has 1 aliphatic heterocycles. The van der Waals surface area contributed by atoms with Gasteiger partial charge in [0.1, 0.15) is 11.5 Å². The van der Waals surface area contributed by atoms with Gasteiger partial charge in [0.25, 0.3) is 0 Å². The molecule has 0 unspecified atom stereocenters. The van der Waals surface area contributed by atoms with Crippen LogP contribution in [0.25, 0.3) is 6.08 Å². The Morgan fingerprint density at radius 1 is 1.03 bits per heavy atom. The summed E-state index contributed by atoms with van der Waals surface area (Å²) in [5.41, 5.74) is 5.18. The van der Waals surface area contributed by atoms with E-state index in [1.165, 1.54) is 50.6 Å². The molecule has 174 valence electrons. The van der Waals surface area contributed by atoms with E-state index in [2.05, 4.69) is 41.7 Å². The molecule has 2 aromatic rings. The van der Waals surface area contributed by atoms with Crippen LogP contribution in [0.4, 0.5) is 0 Å². The first kappa shape index (κ1) is 25.8. The van der Waals surface area contributed by atoms with Gasteiger partial charge in [0, 0.05) is 23.7 Å². The predicted molar refractivity (Wildman–Crippen MR) is 139 cm³/mol. The first-order chi connectivity index (χ1) is 15.3. The lowest BCUT2D eigenvalue weighted by atomic mass is 10.1. The second kappa shape index (κ2) is 14.6. The molecule has 4 nitrogen and oxygen atoms in total. The minimum absolute atomic E-state index is 0. The van der Waals surface area contributed by atoms with E-state index >= 15 is 0 Å². The van der Waals surface area contributed by atoms with Crippen molar-refractivity contribution in [3.05, 3.63) is 77.7 Å². The van der Waals surface area contributed by atoms with Crippen molar-refractivity contribution in [2.24, 2.45) is 4.99 Å². The Morgan fingerprint density at radius 2 is 1.81 bits per heavy atom. The Morgan fingerprint density at radius 3 is 2.53 bits per heavy atom. The average Bonchev–Trinajstić information content (AvgIpc) is 3.53. The summed E-state index contributed by atoms with van der Waals surface area (Å²) in [4.78, 5) is 11.6. The van der Waals surface area contributed by atoms with Gasteiger partial charge in [-0.15, -0.1) is 19.0 Å². The Labute approximate surface area is 199 Å². The van der Waals surface area contributed by atoms with Gasteiger partial charge in [0.05, 0.1) is 18.0 Å². The van der Waals surface area contributed by atoms with Gasteiger partial charge in [-0.3, -0.25) is 0 Å². The van der Waals surface area contributed by atoms with Gasteiger partial charge < -0.3 is 14.7 Å². The zero-order chi connectivity index (χ0) is 21.7. The van der Waals surface area contributed by atoms with E-state index in [0.29, 0.717) is 6.61 Å². The Hall–Kier alpha value is -2.46. The van der Waals surface area contributed by atoms with E-state index in [1.54, 1.807) is 0 Å². The highest BCUT2D eigenvalue weighted by Gasteiger charge is 2.18. The number of allylic oxidation sites excluding steroid dienone is 2. The monoisotopic (exact) mass is 455 g/mol. The number of unbranched alkanes of at least 4 members (excludes halogenated alkanes) is 7. The molecule has 0 bridgehead atoms. The van der Waals surface area contributed by atoms with E-state index in [1.807, 2.05) is 30.5 Å². The number of ether oxygens (including phenoxy) is 1. The molecule has 5 heteroatoms. The summed E-state index contributed by atoms with van der Waals surface area (Å²) < 4.78 is 5.95. The summed E-state index contributed by atoms with van der Waals surface area (Å²) in [7, 11) is 0. The number of rotatable bonds is 15. The fraction of sp³-hybridized carbons (Fsp3) is 0.444. The van der Waals surface area contributed by atoms with Gasteiger partial charge in [-0.2, -0.15) is 0 Å². The number of nitrogens with one attached hydrogen (secondary N) is 2. The van der Waals surface area contributed by atoms with Crippen LogP contribution in [0.2, 0.25) is 0 Å². The van der Waals surface area contributed by atoms with Crippen molar-refractivity contribution in [3.8, 4) is 0 Å². The molecular weight excluding hydrogens is 418 g/mol. The largest absolute Gasteiger partial charge is 0.491 e. The molecule has 1 aliphatic rings. The van der Waals surface area contributed by atoms with Crippen molar-refractivity contribution in [2.45, 2.75) is 71.1 Å². The number of H-pyrrole nitrogens is 2. The molecule has 0 atom stereocenters. The molecule has 2 N–H and O–H groups in total. The number of hydrogen-bond donors (Lipinski definition) is 2. The minimum Gasteiger partial charge on any atom is -0.491 e. The molecular formula is C27H38ClN3O. The molecule has 0 fully saturated rings. The van der Waals surface area contributed by atoms with Crippen molar-refractivity contribution >= 4 is 24.2 Å². The molecule has 0 saturated carbocycles. The topological polar surface area (TPSA) is 53.2 Å². The molecule has 2 aromatic heterocycles. The van der Waals surface area contributed by atoms with Crippen LogP contribution in [0.3, 0.4) is 0 Å². The average molecular weight is 456 g/mol. The normalized spacial score (nSPS) is 14.2. The molecule has 0 saturated heterocycles. The first-order valence-electron chi connectivity index (χ1n) is 11.9. The lowest BCUT2D eigenvalue weighted by Gasteiger charge is -2.05. The Kier molecular flexibility index (Phi) is 11.7. The van der Waals surface area contributed by atoms with E-state index < -0.39 is 0 Å². The smallest absolute Gasteiger partial charge is 0.147 e. The summed E-state index contributed by atoms with van der Waals surface area (Å²) in [5, 5.41) is 0. The van der Waals surface area contributed by atoms with Crippen molar-refractivity contribution in [1.29, 1.82) is 0 Å². The highest BCUT2D eigenvalue weighted by Crippen LogP contribution is 2.25. The maximum absolute atomic E-state index is 5.95. The maximum Gasteiger partial charge on any atom is 0.147 e. The third-order valence-corrected chi connectivity index (χ3v) is 5.51. The van der Waals surface area contributed by atoms with Crippen LogP contribution in [0.5, 0.6) is 0 Å². The van der Waals surface area contributed by atoms with Crippen LogP contribution in [0.15, 0.2) is 65.6 Å². The summed E-state index contributed by atoms with van der Waals surface area (Å²) in [6.07, 6.45) is 20.5. The highest BCUT2D eigenvalue weighted by molar-refractivity contribution is 6.11. The predicted octanol–water partition coefficient (Wildman–Crippen LogP) is 7.77. The second-order valence-corrected chi connectivity index (χ2v) is 8.21. The number of hydrogen-bond acceptors (Lipinski definition) is 2. The third kappa shape index (κ3) is 8.23. The van der Waals surface area contributed by atoms with E-state index in [9.17, 15) is 0 Å². The van der Waals surface area contributed by atoms with Gasteiger partial charge in [-0.05, 0) is 62.4 Å². The van der Waals surface area contributed by atoms with Gasteiger partial charge in [0.15, 0.2) is 0 Å². The van der Waals surface area contributed by atoms with Gasteiger partial charge >= 0.3 is 0 Å². The van der Waals surface area contributed by atoms with Gasteiger partial charge in [0.2, 0.25) is 0 Å². The van der Waals surface area contributed by atoms with Crippen LogP contribution in [0, 0.1) is 0 Å². The number of halogens is 1. The lowest BCUT2D eigenvalue weighted by Crippen LogP contribution is -1.95. The molecule has 0 spiro atoms. The summed E-state index contributed by atoms with van der Waals surface area (Å²) in [6.45, 7) is 6.60. The Balaban J connectivity index is 0.00000363. The maximum atomic E-state index is 5.95. The molecule has 3 heterocycles. The van der Waals surface area contributed by atoms with E-state index in [4.69, 9.17) is 9.73 Å². The summed E-state index contributed by atoms with van der Waals surface area (Å²) >= 11 is 0. The molecule has 0 aliphatic carbocycles. The zero-order valence-corrected chi connectivity index (χ0v) is 20.2. The molecule has 0 radical (unpaired) electrons. The highest BCUT2D eigenvalue weighted by atomic mass is 35.5. The van der Waals surface area contributed by atoms with Crippen molar-refractivity contribution in [1.82, 2.24) is 9.97 Å². The van der Waals surface area contributed by atoms with Gasteiger partial charge in [-0.1, -0.05) is 45.1 Å². The summed E-state index contributed by atoms with van der Waals surface area (Å²) in [5.74, 6) is 0.843. The summed E-state index contributed by atoms with van der Waals surface area (Å²) in [6, 6.07) is 8.36. The fourth-order valence-corrected chi connectivity index (χ4v) is 3.80. The fourth-order valence-electron chi connectivity index (χ4n) is 3.80. The van der Waals surface area contributed by atoms with Crippen molar-refractivity contribution < 1.29 is 4.74 Å². The molecule has 3 rings (SSSR count). The minimum atomic E-state index is 0. The van der Waals surface area contributed by atoms with Crippen LogP contribution in [-0.2, 0) is 11.2 Å². The van der Waals surface area contributed by atoms with E-state index in [0.717, 1.165) is 47.8 Å². The quantitative estimate of drug-likeness (QED) is 0.209. The number of aryl methyl sites for hydroxylation is 1. The number of aromatic nitrogens is 2. The van der Waals surface area contributed by atoms with Crippen molar-refractivity contribution in [3.63, 3.8) is 0 Å². The number of aliphatic imine (C=N–C) groups is 1. The Bertz CT molecular complexity index is 890. The third-order valence-electron chi connectivity index (χ3n) is 5.51. The van der Waals surface area contributed by atoms with Crippen molar-refractivity contribution in [2.75, 3.05) is 6.61 Å². The lowest BCUT2D eigenvalue weighted by molar-refractivity contribution is 0.222. The number of aromatic amines is 2. The first-order valence-corrected chi connectivity index (χ1v) is 11.9. The molecule has 0 aromatic carbocycles. The van der Waals surface area contributed by atoms with Crippen LogP contribution in [0.1, 0.15) is 81.8 Å².